The van der Waals surface area contributed by atoms with E-state index in [4.69, 9.17) is 0 Å². The van der Waals surface area contributed by atoms with E-state index in [0.29, 0.717) is 0 Å². The van der Waals surface area contributed by atoms with Crippen molar-refractivity contribution in [2.45, 2.75) is 38.3 Å². The zero-order chi connectivity index (χ0) is 18.8. The molecule has 27 heavy (non-hydrogen) atoms. The third kappa shape index (κ3) is 8.04. The monoisotopic (exact) mass is 491 g/mol. The van der Waals surface area contributed by atoms with Gasteiger partial charge in [0.1, 0.15) is 0 Å². The molecule has 1 saturated heterocycles. The lowest BCUT2D eigenvalue weighted by molar-refractivity contribution is -0.133. The Morgan fingerprint density at radius 3 is 2.56 bits per heavy atom. The van der Waals surface area contributed by atoms with Crippen LogP contribution in [0.4, 0.5) is 0 Å². The highest BCUT2D eigenvalue weighted by Gasteiger charge is 2.30. The molecule has 8 nitrogen and oxygen atoms in total. The van der Waals surface area contributed by atoms with Gasteiger partial charge >= 0.3 is 0 Å². The second-order valence-electron chi connectivity index (χ2n) is 6.83. The van der Waals surface area contributed by atoms with Crippen LogP contribution in [0.25, 0.3) is 0 Å². The summed E-state index contributed by atoms with van der Waals surface area (Å²) in [5.74, 6) is 1.05. The van der Waals surface area contributed by atoms with Crippen LogP contribution in [0.1, 0.15) is 25.7 Å². The van der Waals surface area contributed by atoms with Crippen molar-refractivity contribution in [2.75, 3.05) is 47.3 Å². The largest absolute Gasteiger partial charge is 0.356 e. The predicted molar refractivity (Wildman–Crippen MR) is 120 cm³/mol. The zero-order valence-electron chi connectivity index (χ0n) is 16.7. The Hall–Kier alpha value is -1.36. The lowest BCUT2D eigenvalue weighted by Crippen LogP contribution is -2.44. The number of halogens is 1. The van der Waals surface area contributed by atoms with E-state index in [2.05, 4.69) is 25.6 Å². The first-order chi connectivity index (χ1) is 12.6. The van der Waals surface area contributed by atoms with Gasteiger partial charge < -0.3 is 15.5 Å². The summed E-state index contributed by atoms with van der Waals surface area (Å²) in [4.78, 5) is 20.5. The van der Waals surface area contributed by atoms with Gasteiger partial charge in [-0.3, -0.25) is 19.4 Å². The number of nitrogens with zero attached hydrogens (tertiary/aromatic N) is 5. The SMILES string of the molecule is CN=C(NCCCN1CCCC1C(=O)N(C)C)NCCCn1cccn1.I. The van der Waals surface area contributed by atoms with Crippen molar-refractivity contribution >= 4 is 35.8 Å². The minimum Gasteiger partial charge on any atom is -0.356 e. The average Bonchev–Trinajstić information content (AvgIpc) is 3.31. The van der Waals surface area contributed by atoms with Crippen molar-refractivity contribution in [3.05, 3.63) is 18.5 Å². The topological polar surface area (TPSA) is 77.8 Å². The third-order valence-corrected chi connectivity index (χ3v) is 4.64. The minimum absolute atomic E-state index is 0. The van der Waals surface area contributed by atoms with Gasteiger partial charge in [0.25, 0.3) is 0 Å². The fourth-order valence-electron chi connectivity index (χ4n) is 3.26. The maximum absolute atomic E-state index is 12.2. The molecular formula is C18H34IN7O. The number of carbonyl (C=O) groups is 1. The first-order valence-electron chi connectivity index (χ1n) is 9.49. The van der Waals surface area contributed by atoms with Crippen LogP contribution >= 0.6 is 24.0 Å². The van der Waals surface area contributed by atoms with Crippen LogP contribution in [0.2, 0.25) is 0 Å². The number of likely N-dealkylation sites (tertiary alicyclic amines) is 1. The quantitative estimate of drug-likeness (QED) is 0.233. The van der Waals surface area contributed by atoms with Crippen molar-refractivity contribution < 1.29 is 4.79 Å². The second kappa shape index (κ2) is 12.9. The van der Waals surface area contributed by atoms with Crippen LogP contribution in [0, 0.1) is 0 Å². The Labute approximate surface area is 179 Å². The predicted octanol–water partition coefficient (Wildman–Crippen LogP) is 0.999. The van der Waals surface area contributed by atoms with Gasteiger partial charge in [-0.1, -0.05) is 0 Å². The summed E-state index contributed by atoms with van der Waals surface area (Å²) in [6.07, 6.45) is 7.83. The van der Waals surface area contributed by atoms with Crippen molar-refractivity contribution in [2.24, 2.45) is 4.99 Å². The summed E-state index contributed by atoms with van der Waals surface area (Å²) < 4.78 is 1.93. The fourth-order valence-corrected chi connectivity index (χ4v) is 3.26. The number of carbonyl (C=O) groups excluding carboxylic acids is 1. The summed E-state index contributed by atoms with van der Waals surface area (Å²) in [5, 5.41) is 10.9. The van der Waals surface area contributed by atoms with E-state index in [9.17, 15) is 4.79 Å². The van der Waals surface area contributed by atoms with E-state index in [0.717, 1.165) is 64.4 Å². The van der Waals surface area contributed by atoms with Gasteiger partial charge in [0, 0.05) is 59.7 Å². The Bertz CT molecular complexity index is 562. The van der Waals surface area contributed by atoms with Crippen LogP contribution in [-0.2, 0) is 11.3 Å². The molecule has 0 saturated carbocycles. The molecule has 0 aromatic carbocycles. The highest BCUT2D eigenvalue weighted by Crippen LogP contribution is 2.18. The first kappa shape index (κ1) is 23.7. The number of hydrogen-bond acceptors (Lipinski definition) is 4. The molecule has 0 bridgehead atoms. The van der Waals surface area contributed by atoms with Gasteiger partial charge in [-0.2, -0.15) is 5.10 Å². The van der Waals surface area contributed by atoms with Crippen LogP contribution in [0.5, 0.6) is 0 Å². The third-order valence-electron chi connectivity index (χ3n) is 4.64. The maximum atomic E-state index is 12.2. The number of guanidine groups is 1. The molecule has 1 aromatic heterocycles. The molecule has 2 N–H and O–H groups in total. The molecule has 1 aliphatic rings. The smallest absolute Gasteiger partial charge is 0.239 e. The highest BCUT2D eigenvalue weighted by atomic mass is 127. The molecule has 1 amide bonds. The molecule has 9 heteroatoms. The van der Waals surface area contributed by atoms with Crippen LogP contribution in [0.15, 0.2) is 23.5 Å². The van der Waals surface area contributed by atoms with E-state index in [1.165, 1.54) is 0 Å². The van der Waals surface area contributed by atoms with Crippen molar-refractivity contribution in [3.8, 4) is 0 Å². The van der Waals surface area contributed by atoms with E-state index >= 15 is 0 Å². The molecular weight excluding hydrogens is 457 g/mol. The number of aromatic nitrogens is 2. The van der Waals surface area contributed by atoms with Gasteiger partial charge in [0.2, 0.25) is 5.91 Å². The van der Waals surface area contributed by atoms with E-state index in [-0.39, 0.29) is 35.9 Å². The molecule has 2 rings (SSSR count). The molecule has 1 unspecified atom stereocenters. The number of nitrogens with one attached hydrogen (secondary N) is 2. The van der Waals surface area contributed by atoms with Gasteiger partial charge in [-0.25, -0.2) is 0 Å². The summed E-state index contributed by atoms with van der Waals surface area (Å²) in [6, 6.07) is 2.00. The number of aliphatic imine (C=N–C) groups is 1. The first-order valence-corrected chi connectivity index (χ1v) is 9.49. The number of hydrogen-bond donors (Lipinski definition) is 2. The number of amides is 1. The molecule has 0 radical (unpaired) electrons. The normalized spacial score (nSPS) is 17.4. The van der Waals surface area contributed by atoms with Crippen LogP contribution < -0.4 is 10.6 Å². The van der Waals surface area contributed by atoms with Crippen molar-refractivity contribution in [1.29, 1.82) is 0 Å². The molecule has 1 aliphatic heterocycles. The molecule has 1 atom stereocenters. The van der Waals surface area contributed by atoms with Gasteiger partial charge in [0.05, 0.1) is 6.04 Å². The number of likely N-dealkylation sites (N-methyl/N-ethyl adjacent to an activating group) is 1. The summed E-state index contributed by atoms with van der Waals surface area (Å²) in [7, 11) is 5.46. The fraction of sp³-hybridized carbons (Fsp3) is 0.722. The molecule has 154 valence electrons. The average molecular weight is 491 g/mol. The summed E-state index contributed by atoms with van der Waals surface area (Å²) in [5.41, 5.74) is 0. The molecule has 0 spiro atoms. The van der Waals surface area contributed by atoms with E-state index < -0.39 is 0 Å². The van der Waals surface area contributed by atoms with Crippen molar-refractivity contribution in [1.82, 2.24) is 30.2 Å². The van der Waals surface area contributed by atoms with E-state index in [1.54, 1.807) is 18.1 Å². The van der Waals surface area contributed by atoms with Gasteiger partial charge in [-0.05, 0) is 38.3 Å². The zero-order valence-corrected chi connectivity index (χ0v) is 19.1. The minimum atomic E-state index is 0. The maximum Gasteiger partial charge on any atom is 0.239 e. The lowest BCUT2D eigenvalue weighted by atomic mass is 10.2. The standard InChI is InChI=1S/C18H33N7O.HI/c1-19-18(21-10-6-14-25-15-7-11-22-25)20-9-5-13-24-12-4-8-16(24)17(26)23(2)3;/h7,11,15-16H,4-6,8-10,12-14H2,1-3H3,(H2,19,20,21);1H. The molecule has 1 aromatic rings. The highest BCUT2D eigenvalue weighted by molar-refractivity contribution is 14.0. The summed E-state index contributed by atoms with van der Waals surface area (Å²) in [6.45, 7) is 4.55. The lowest BCUT2D eigenvalue weighted by Gasteiger charge is -2.26. The number of rotatable bonds is 9. The molecule has 1 fully saturated rings. The van der Waals surface area contributed by atoms with Gasteiger partial charge in [0.15, 0.2) is 5.96 Å². The molecule has 0 aliphatic carbocycles. The Morgan fingerprint density at radius 2 is 1.96 bits per heavy atom. The Kier molecular flexibility index (Phi) is 11.3. The summed E-state index contributed by atoms with van der Waals surface area (Å²) >= 11 is 0. The van der Waals surface area contributed by atoms with Gasteiger partial charge in [-0.15, -0.1) is 24.0 Å². The second-order valence-corrected chi connectivity index (χ2v) is 6.83. The molecule has 2 heterocycles. The Balaban J connectivity index is 0.00000364. The Morgan fingerprint density at radius 1 is 1.26 bits per heavy atom. The van der Waals surface area contributed by atoms with E-state index in [1.807, 2.05) is 31.0 Å². The van der Waals surface area contributed by atoms with Crippen LogP contribution in [0.3, 0.4) is 0 Å². The van der Waals surface area contributed by atoms with Crippen molar-refractivity contribution in [3.63, 3.8) is 0 Å². The number of aryl methyl sites for hydroxylation is 1. The van der Waals surface area contributed by atoms with Crippen LogP contribution in [-0.4, -0.2) is 84.8 Å².